The standard InChI is InChI=1S/C16H23N/c1-11(17-5-3-2-4-6-17)15-9-13-7-12-8-14(10-15)16(12,13)15/h12-14H,1-10H2. The average Bonchev–Trinajstić information content (AvgIpc) is 2.26. The smallest absolute Gasteiger partial charge is 0.0175 e. The van der Waals surface area contributed by atoms with E-state index in [9.17, 15) is 0 Å². The molecule has 5 fully saturated rings. The number of hydrogen-bond donors (Lipinski definition) is 0. The summed E-state index contributed by atoms with van der Waals surface area (Å²) in [5, 5.41) is 0. The van der Waals surface area contributed by atoms with Crippen LogP contribution >= 0.6 is 0 Å². The molecule has 4 aliphatic carbocycles. The first-order valence-electron chi connectivity index (χ1n) is 7.73. The van der Waals surface area contributed by atoms with Crippen molar-refractivity contribution in [3.63, 3.8) is 0 Å². The molecule has 0 aromatic heterocycles. The first-order valence-corrected chi connectivity index (χ1v) is 7.73. The van der Waals surface area contributed by atoms with Crippen LogP contribution < -0.4 is 0 Å². The summed E-state index contributed by atoms with van der Waals surface area (Å²) in [6.07, 6.45) is 10.4. The van der Waals surface area contributed by atoms with Gasteiger partial charge in [0, 0.05) is 24.2 Å². The molecule has 5 rings (SSSR count). The molecule has 0 N–H and O–H groups in total. The zero-order valence-corrected chi connectivity index (χ0v) is 10.8. The Morgan fingerprint density at radius 3 is 2.12 bits per heavy atom. The van der Waals surface area contributed by atoms with E-state index in [1.54, 1.807) is 18.5 Å². The van der Waals surface area contributed by atoms with Crippen LogP contribution in [0.15, 0.2) is 12.3 Å². The normalized spacial score (nSPS) is 57.6. The quantitative estimate of drug-likeness (QED) is 0.701. The fourth-order valence-corrected chi connectivity index (χ4v) is 6.89. The maximum Gasteiger partial charge on any atom is 0.0175 e. The molecule has 0 aromatic carbocycles. The molecule has 2 atom stereocenters. The Morgan fingerprint density at radius 2 is 1.59 bits per heavy atom. The number of allylic oxidation sites excluding steroid dienone is 1. The Kier molecular flexibility index (Phi) is 1.45. The van der Waals surface area contributed by atoms with Crippen molar-refractivity contribution in [2.75, 3.05) is 13.1 Å². The lowest BCUT2D eigenvalue weighted by Crippen LogP contribution is -2.86. The van der Waals surface area contributed by atoms with Gasteiger partial charge in [-0.3, -0.25) is 0 Å². The number of piperidine rings is 1. The third kappa shape index (κ3) is 0.728. The lowest BCUT2D eigenvalue weighted by Gasteiger charge is -2.92. The van der Waals surface area contributed by atoms with E-state index in [0.717, 1.165) is 23.2 Å². The van der Waals surface area contributed by atoms with Crippen molar-refractivity contribution in [2.24, 2.45) is 28.6 Å². The molecule has 1 saturated heterocycles. The highest BCUT2D eigenvalue weighted by atomic mass is 15.2. The number of hydrogen-bond acceptors (Lipinski definition) is 1. The van der Waals surface area contributed by atoms with Gasteiger partial charge in [0.2, 0.25) is 0 Å². The van der Waals surface area contributed by atoms with E-state index in [-0.39, 0.29) is 0 Å². The molecular weight excluding hydrogens is 206 g/mol. The van der Waals surface area contributed by atoms with Gasteiger partial charge in [-0.15, -0.1) is 0 Å². The van der Waals surface area contributed by atoms with Gasteiger partial charge < -0.3 is 4.90 Å². The molecule has 0 aromatic rings. The summed E-state index contributed by atoms with van der Waals surface area (Å²) in [7, 11) is 0. The van der Waals surface area contributed by atoms with Crippen LogP contribution in [0.25, 0.3) is 0 Å². The van der Waals surface area contributed by atoms with Crippen LogP contribution in [-0.4, -0.2) is 18.0 Å². The minimum Gasteiger partial charge on any atom is -0.375 e. The van der Waals surface area contributed by atoms with Crippen molar-refractivity contribution in [1.82, 2.24) is 4.90 Å². The van der Waals surface area contributed by atoms with Crippen LogP contribution in [0.3, 0.4) is 0 Å². The first-order chi connectivity index (χ1) is 8.29. The second-order valence-electron chi connectivity index (χ2n) is 7.48. The number of nitrogens with zero attached hydrogens (tertiary/aromatic N) is 1. The summed E-state index contributed by atoms with van der Waals surface area (Å²) in [5.41, 5.74) is 3.04. The molecular formula is C16H23N. The highest BCUT2D eigenvalue weighted by Gasteiger charge is 2.88. The maximum absolute atomic E-state index is 4.57. The molecule has 1 spiro atoms. The van der Waals surface area contributed by atoms with E-state index in [4.69, 9.17) is 0 Å². The second kappa shape index (κ2) is 2.60. The van der Waals surface area contributed by atoms with E-state index < -0.39 is 0 Å². The molecule has 5 aliphatic rings. The lowest BCUT2D eigenvalue weighted by molar-refractivity contribution is -0.421. The van der Waals surface area contributed by atoms with Crippen LogP contribution in [0.1, 0.15) is 44.9 Å². The van der Waals surface area contributed by atoms with Crippen LogP contribution in [-0.2, 0) is 0 Å². The molecule has 92 valence electrons. The summed E-state index contributed by atoms with van der Waals surface area (Å²) < 4.78 is 0. The molecule has 0 radical (unpaired) electrons. The molecule has 2 unspecified atom stereocenters. The van der Waals surface area contributed by atoms with Gasteiger partial charge in [0.05, 0.1) is 0 Å². The fourth-order valence-electron chi connectivity index (χ4n) is 6.89. The molecule has 17 heavy (non-hydrogen) atoms. The van der Waals surface area contributed by atoms with Crippen LogP contribution in [0, 0.1) is 28.6 Å². The van der Waals surface area contributed by atoms with Gasteiger partial charge in [0.25, 0.3) is 0 Å². The molecule has 0 amide bonds. The third-order valence-electron chi connectivity index (χ3n) is 7.47. The molecule has 1 aliphatic heterocycles. The largest absolute Gasteiger partial charge is 0.375 e. The van der Waals surface area contributed by atoms with E-state index in [1.165, 1.54) is 45.2 Å². The van der Waals surface area contributed by atoms with Gasteiger partial charge in [-0.1, -0.05) is 6.58 Å². The Labute approximate surface area is 104 Å². The van der Waals surface area contributed by atoms with E-state index in [0.29, 0.717) is 5.41 Å². The molecule has 0 bridgehead atoms. The van der Waals surface area contributed by atoms with Crippen molar-refractivity contribution >= 4 is 0 Å². The van der Waals surface area contributed by atoms with Gasteiger partial charge in [0.1, 0.15) is 0 Å². The predicted molar refractivity (Wildman–Crippen MR) is 68.4 cm³/mol. The van der Waals surface area contributed by atoms with Crippen molar-refractivity contribution in [3.8, 4) is 0 Å². The Bertz CT molecular complexity index is 378. The first kappa shape index (κ1) is 9.47. The van der Waals surface area contributed by atoms with Gasteiger partial charge >= 0.3 is 0 Å². The van der Waals surface area contributed by atoms with Crippen molar-refractivity contribution in [2.45, 2.75) is 44.9 Å². The second-order valence-corrected chi connectivity index (χ2v) is 7.48. The summed E-state index contributed by atoms with van der Waals surface area (Å²) in [4.78, 5) is 2.67. The zero-order chi connectivity index (χ0) is 11.3. The number of likely N-dealkylation sites (tertiary alicyclic amines) is 1. The average molecular weight is 229 g/mol. The lowest BCUT2D eigenvalue weighted by atomic mass is 9.13. The predicted octanol–water partition coefficient (Wildman–Crippen LogP) is 3.42. The molecule has 1 heterocycles. The monoisotopic (exact) mass is 229 g/mol. The van der Waals surface area contributed by atoms with Crippen LogP contribution in [0.5, 0.6) is 0 Å². The molecule has 1 heteroatoms. The van der Waals surface area contributed by atoms with E-state index in [2.05, 4.69) is 11.5 Å². The van der Waals surface area contributed by atoms with E-state index >= 15 is 0 Å². The van der Waals surface area contributed by atoms with Crippen LogP contribution in [0.4, 0.5) is 0 Å². The van der Waals surface area contributed by atoms with Gasteiger partial charge in [-0.2, -0.15) is 0 Å². The summed E-state index contributed by atoms with van der Waals surface area (Å²) in [6.45, 7) is 7.17. The minimum atomic E-state index is 0.626. The fraction of sp³-hybridized carbons (Fsp3) is 0.875. The third-order valence-corrected chi connectivity index (χ3v) is 7.47. The Balaban J connectivity index is 1.44. The van der Waals surface area contributed by atoms with Gasteiger partial charge in [-0.25, -0.2) is 0 Å². The topological polar surface area (TPSA) is 3.24 Å². The van der Waals surface area contributed by atoms with Crippen molar-refractivity contribution in [1.29, 1.82) is 0 Å². The molecule has 4 saturated carbocycles. The Morgan fingerprint density at radius 1 is 0.941 bits per heavy atom. The summed E-state index contributed by atoms with van der Waals surface area (Å²) >= 11 is 0. The summed E-state index contributed by atoms with van der Waals surface area (Å²) in [5.74, 6) is 3.38. The molecule has 1 nitrogen and oxygen atoms in total. The minimum absolute atomic E-state index is 0.626. The van der Waals surface area contributed by atoms with Gasteiger partial charge in [0.15, 0.2) is 0 Å². The zero-order valence-electron chi connectivity index (χ0n) is 10.8. The van der Waals surface area contributed by atoms with Gasteiger partial charge in [-0.05, 0) is 68.1 Å². The highest BCUT2D eigenvalue weighted by Crippen LogP contribution is 2.94. The SMILES string of the molecule is C=C(N1CCCCC1)C12CC3CC4CC(C1)C432. The summed E-state index contributed by atoms with van der Waals surface area (Å²) in [6, 6.07) is 0. The van der Waals surface area contributed by atoms with Crippen LogP contribution in [0.2, 0.25) is 0 Å². The highest BCUT2D eigenvalue weighted by molar-refractivity contribution is 5.42. The van der Waals surface area contributed by atoms with Crippen molar-refractivity contribution < 1.29 is 0 Å². The van der Waals surface area contributed by atoms with Crippen molar-refractivity contribution in [3.05, 3.63) is 12.3 Å². The van der Waals surface area contributed by atoms with E-state index in [1.807, 2.05) is 0 Å². The number of rotatable bonds is 2. The maximum atomic E-state index is 4.57. The Hall–Kier alpha value is -0.460.